The summed E-state index contributed by atoms with van der Waals surface area (Å²) in [5.74, 6) is -0.876. The van der Waals surface area contributed by atoms with E-state index in [1.165, 1.54) is 4.31 Å². The van der Waals surface area contributed by atoms with Crippen molar-refractivity contribution in [2.45, 2.75) is 70.1 Å². The number of sulfonamides is 1. The fourth-order valence-electron chi connectivity index (χ4n) is 2.62. The highest BCUT2D eigenvalue weighted by Crippen LogP contribution is 2.27. The molecule has 1 rings (SSSR count). The molecule has 0 aromatic rings. The molecule has 0 heterocycles. The van der Waals surface area contributed by atoms with Crippen molar-refractivity contribution in [3.63, 3.8) is 0 Å². The average Bonchev–Trinajstić information content (AvgIpc) is 2.34. The van der Waals surface area contributed by atoms with Crippen LogP contribution in [0.15, 0.2) is 0 Å². The zero-order chi connectivity index (χ0) is 14.5. The van der Waals surface area contributed by atoms with Crippen molar-refractivity contribution in [3.8, 4) is 0 Å². The van der Waals surface area contributed by atoms with E-state index in [-0.39, 0.29) is 17.7 Å². The molecule has 0 unspecified atom stereocenters. The van der Waals surface area contributed by atoms with Crippen LogP contribution in [0.1, 0.15) is 58.8 Å². The molecule has 0 spiro atoms. The lowest BCUT2D eigenvalue weighted by molar-refractivity contribution is -0.137. The van der Waals surface area contributed by atoms with Crippen molar-refractivity contribution < 1.29 is 18.3 Å². The maximum Gasteiger partial charge on any atom is 0.303 e. The van der Waals surface area contributed by atoms with Crippen LogP contribution in [-0.2, 0) is 14.8 Å². The number of carboxylic acids is 1. The van der Waals surface area contributed by atoms with Gasteiger partial charge in [-0.3, -0.25) is 4.79 Å². The fraction of sp³-hybridized carbons (Fsp3) is 0.923. The highest BCUT2D eigenvalue weighted by Gasteiger charge is 2.34. The molecular weight excluding hydrogens is 266 g/mol. The Balaban J connectivity index is 2.70. The van der Waals surface area contributed by atoms with Gasteiger partial charge in [-0.25, -0.2) is 8.42 Å². The van der Waals surface area contributed by atoms with E-state index < -0.39 is 16.0 Å². The minimum Gasteiger partial charge on any atom is -0.481 e. The molecule has 0 aromatic heterocycles. The van der Waals surface area contributed by atoms with Crippen LogP contribution in [0.3, 0.4) is 0 Å². The quantitative estimate of drug-likeness (QED) is 0.780. The monoisotopic (exact) mass is 291 g/mol. The molecule has 0 bridgehead atoms. The van der Waals surface area contributed by atoms with Crippen molar-refractivity contribution in [2.24, 2.45) is 0 Å². The maximum absolute atomic E-state index is 12.6. The van der Waals surface area contributed by atoms with E-state index in [1.807, 2.05) is 13.8 Å². The summed E-state index contributed by atoms with van der Waals surface area (Å²) >= 11 is 0. The van der Waals surface area contributed by atoms with Gasteiger partial charge < -0.3 is 5.11 Å². The molecule has 1 aliphatic carbocycles. The van der Waals surface area contributed by atoms with Gasteiger partial charge >= 0.3 is 5.97 Å². The Morgan fingerprint density at radius 2 is 1.84 bits per heavy atom. The van der Waals surface area contributed by atoms with Crippen LogP contribution in [-0.4, -0.2) is 41.6 Å². The van der Waals surface area contributed by atoms with E-state index in [1.54, 1.807) is 0 Å². The van der Waals surface area contributed by atoms with Crippen LogP contribution >= 0.6 is 0 Å². The summed E-state index contributed by atoms with van der Waals surface area (Å²) in [4.78, 5) is 10.5. The molecule has 0 radical (unpaired) electrons. The Morgan fingerprint density at radius 1 is 1.26 bits per heavy atom. The molecule has 5 nitrogen and oxygen atoms in total. The van der Waals surface area contributed by atoms with Gasteiger partial charge in [0.2, 0.25) is 10.0 Å². The lowest BCUT2D eigenvalue weighted by Gasteiger charge is -2.32. The van der Waals surface area contributed by atoms with Gasteiger partial charge in [-0.2, -0.15) is 4.31 Å². The fourth-order valence-corrected chi connectivity index (χ4v) is 4.90. The van der Waals surface area contributed by atoms with Crippen LogP contribution in [0.25, 0.3) is 0 Å². The van der Waals surface area contributed by atoms with Gasteiger partial charge in [0.05, 0.1) is 5.25 Å². The smallest absolute Gasteiger partial charge is 0.303 e. The molecule has 1 aliphatic rings. The maximum atomic E-state index is 12.6. The second kappa shape index (κ2) is 7.24. The largest absolute Gasteiger partial charge is 0.481 e. The summed E-state index contributed by atoms with van der Waals surface area (Å²) in [6.45, 7) is 4.01. The Kier molecular flexibility index (Phi) is 6.26. The standard InChI is InChI=1S/C13H25NO4S/c1-11(2)14(10-6-9-13(15)16)19(17,18)12-7-4-3-5-8-12/h11-12H,3-10H2,1-2H3,(H,15,16). The van der Waals surface area contributed by atoms with E-state index in [4.69, 9.17) is 5.11 Å². The second-order valence-corrected chi connectivity index (χ2v) is 7.67. The number of rotatable bonds is 7. The Morgan fingerprint density at radius 3 is 2.32 bits per heavy atom. The van der Waals surface area contributed by atoms with Gasteiger partial charge in [0, 0.05) is 19.0 Å². The van der Waals surface area contributed by atoms with Crippen LogP contribution < -0.4 is 0 Å². The number of hydrogen-bond donors (Lipinski definition) is 1. The summed E-state index contributed by atoms with van der Waals surface area (Å²) in [5.41, 5.74) is 0. The third-order valence-electron chi connectivity index (χ3n) is 3.65. The first-order chi connectivity index (χ1) is 8.85. The number of hydrogen-bond acceptors (Lipinski definition) is 3. The molecule has 19 heavy (non-hydrogen) atoms. The number of carboxylic acid groups (broad SMARTS) is 1. The highest BCUT2D eigenvalue weighted by atomic mass is 32.2. The van der Waals surface area contributed by atoms with Crippen molar-refractivity contribution >= 4 is 16.0 Å². The van der Waals surface area contributed by atoms with Crippen LogP contribution in [0.4, 0.5) is 0 Å². The zero-order valence-corrected chi connectivity index (χ0v) is 12.7. The van der Waals surface area contributed by atoms with Crippen LogP contribution in [0.5, 0.6) is 0 Å². The van der Waals surface area contributed by atoms with Gasteiger partial charge in [0.15, 0.2) is 0 Å². The first kappa shape index (κ1) is 16.4. The zero-order valence-electron chi connectivity index (χ0n) is 11.8. The van der Waals surface area contributed by atoms with Gasteiger partial charge in [0.25, 0.3) is 0 Å². The first-order valence-corrected chi connectivity index (χ1v) is 8.58. The van der Waals surface area contributed by atoms with E-state index in [0.29, 0.717) is 13.0 Å². The molecular formula is C13H25NO4S. The summed E-state index contributed by atoms with van der Waals surface area (Å²) in [6.07, 6.45) is 4.94. The van der Waals surface area contributed by atoms with Crippen LogP contribution in [0.2, 0.25) is 0 Å². The number of carbonyl (C=O) groups is 1. The Bertz CT molecular complexity index is 385. The van der Waals surface area contributed by atoms with Gasteiger partial charge in [-0.1, -0.05) is 19.3 Å². The highest BCUT2D eigenvalue weighted by molar-refractivity contribution is 7.89. The Labute approximate surface area is 116 Å². The molecule has 0 amide bonds. The normalized spacial score (nSPS) is 18.1. The van der Waals surface area contributed by atoms with Crippen molar-refractivity contribution in [2.75, 3.05) is 6.54 Å². The van der Waals surface area contributed by atoms with E-state index in [2.05, 4.69) is 0 Å². The van der Waals surface area contributed by atoms with Gasteiger partial charge in [0.1, 0.15) is 0 Å². The molecule has 0 saturated heterocycles. The molecule has 112 valence electrons. The lowest BCUT2D eigenvalue weighted by Crippen LogP contribution is -2.44. The third kappa shape index (κ3) is 4.76. The van der Waals surface area contributed by atoms with Crippen molar-refractivity contribution in [1.29, 1.82) is 0 Å². The minimum atomic E-state index is -3.28. The van der Waals surface area contributed by atoms with E-state index >= 15 is 0 Å². The molecule has 6 heteroatoms. The first-order valence-electron chi connectivity index (χ1n) is 7.08. The summed E-state index contributed by atoms with van der Waals surface area (Å²) in [5, 5.41) is 8.38. The predicted molar refractivity (Wildman–Crippen MR) is 74.5 cm³/mol. The summed E-state index contributed by atoms with van der Waals surface area (Å²) in [7, 11) is -3.28. The minimum absolute atomic E-state index is 0.0173. The number of nitrogens with zero attached hydrogens (tertiary/aromatic N) is 1. The van der Waals surface area contributed by atoms with Crippen molar-refractivity contribution in [1.82, 2.24) is 4.31 Å². The Hall–Kier alpha value is -0.620. The molecule has 0 aromatic carbocycles. The summed E-state index contributed by atoms with van der Waals surface area (Å²) < 4.78 is 26.7. The number of aliphatic carboxylic acids is 1. The SMILES string of the molecule is CC(C)N(CCCC(=O)O)S(=O)(=O)C1CCCCC1. The van der Waals surface area contributed by atoms with E-state index in [0.717, 1.165) is 32.1 Å². The molecule has 1 N–H and O–H groups in total. The van der Waals surface area contributed by atoms with Gasteiger partial charge in [-0.05, 0) is 33.1 Å². The predicted octanol–water partition coefficient (Wildman–Crippen LogP) is 2.22. The average molecular weight is 291 g/mol. The molecule has 1 fully saturated rings. The second-order valence-electron chi connectivity index (χ2n) is 5.51. The molecule has 0 aliphatic heterocycles. The molecule has 0 atom stereocenters. The van der Waals surface area contributed by atoms with E-state index in [9.17, 15) is 13.2 Å². The van der Waals surface area contributed by atoms with Crippen molar-refractivity contribution in [3.05, 3.63) is 0 Å². The molecule has 1 saturated carbocycles. The lowest BCUT2D eigenvalue weighted by atomic mass is 10.0. The summed E-state index contributed by atoms with van der Waals surface area (Å²) in [6, 6.07) is -0.110. The third-order valence-corrected chi connectivity index (χ3v) is 6.22. The topological polar surface area (TPSA) is 74.7 Å². The van der Waals surface area contributed by atoms with Crippen LogP contribution in [0, 0.1) is 0 Å². The van der Waals surface area contributed by atoms with Gasteiger partial charge in [-0.15, -0.1) is 0 Å².